The van der Waals surface area contributed by atoms with Crippen molar-refractivity contribution in [1.82, 2.24) is 20.4 Å². The van der Waals surface area contributed by atoms with Gasteiger partial charge in [0.25, 0.3) is 0 Å². The van der Waals surface area contributed by atoms with Gasteiger partial charge >= 0.3 is 0 Å². The Morgan fingerprint density at radius 3 is 2.76 bits per heavy atom. The van der Waals surface area contributed by atoms with Crippen molar-refractivity contribution < 1.29 is 4.79 Å². The smallest absolute Gasteiger partial charge is 0.224 e. The second-order valence-electron chi connectivity index (χ2n) is 6.44. The monoisotopic (exact) mass is 312 g/mol. The van der Waals surface area contributed by atoms with E-state index in [1.54, 1.807) is 4.68 Å². The second kappa shape index (κ2) is 5.97. The van der Waals surface area contributed by atoms with E-state index in [0.29, 0.717) is 5.41 Å². The number of piperidine rings is 1. The summed E-state index contributed by atoms with van der Waals surface area (Å²) in [5.74, 6) is 0.451. The van der Waals surface area contributed by atoms with Crippen molar-refractivity contribution in [2.75, 3.05) is 13.1 Å². The fourth-order valence-electron chi connectivity index (χ4n) is 3.63. The van der Waals surface area contributed by atoms with Gasteiger partial charge in [0.05, 0.1) is 11.7 Å². The molecule has 0 bridgehead atoms. The molecule has 118 valence electrons. The molecule has 6 heteroatoms. The summed E-state index contributed by atoms with van der Waals surface area (Å²) >= 11 is 0. The lowest BCUT2D eigenvalue weighted by Crippen LogP contribution is -2.34. The molecular weight excluding hydrogens is 288 g/mol. The Balaban J connectivity index is 0.00000161. The van der Waals surface area contributed by atoms with Crippen LogP contribution in [0, 0.1) is 18.3 Å². The van der Waals surface area contributed by atoms with Crippen molar-refractivity contribution in [2.24, 2.45) is 18.4 Å². The Bertz CT molecular complexity index is 522. The van der Waals surface area contributed by atoms with Crippen LogP contribution in [0.5, 0.6) is 0 Å². The predicted octanol–water partition coefficient (Wildman–Crippen LogP) is 1.72. The number of carbonyl (C=O) groups is 1. The van der Waals surface area contributed by atoms with E-state index in [1.807, 2.05) is 27.1 Å². The van der Waals surface area contributed by atoms with Crippen molar-refractivity contribution >= 4 is 18.3 Å². The molecule has 2 aliphatic rings. The van der Waals surface area contributed by atoms with Crippen molar-refractivity contribution in [3.63, 3.8) is 0 Å². The first kappa shape index (κ1) is 16.3. The molecule has 2 N–H and O–H groups in total. The van der Waals surface area contributed by atoms with Gasteiger partial charge in [-0.05, 0) is 51.6 Å². The van der Waals surface area contributed by atoms with Gasteiger partial charge < -0.3 is 10.6 Å². The van der Waals surface area contributed by atoms with Crippen LogP contribution in [-0.4, -0.2) is 28.8 Å². The van der Waals surface area contributed by atoms with Crippen molar-refractivity contribution in [1.29, 1.82) is 0 Å². The molecule has 1 spiro atoms. The normalized spacial score (nSPS) is 24.2. The number of amides is 1. The standard InChI is InChI=1S/C15H24N4O.ClH/c1-10(12-9-19(3)18-11(12)2)17-14(20)13-8-15(13)4-6-16-7-5-15;/h9-10,13,16H,4-8H2,1-3H3,(H,17,20);1H. The molecule has 1 aromatic heterocycles. The Morgan fingerprint density at radius 2 is 2.19 bits per heavy atom. The van der Waals surface area contributed by atoms with E-state index in [-0.39, 0.29) is 30.3 Å². The number of hydrogen-bond acceptors (Lipinski definition) is 3. The lowest BCUT2D eigenvalue weighted by atomic mass is 9.91. The van der Waals surface area contributed by atoms with E-state index >= 15 is 0 Å². The zero-order valence-electron chi connectivity index (χ0n) is 13.0. The third-order valence-electron chi connectivity index (χ3n) is 4.98. The van der Waals surface area contributed by atoms with Gasteiger partial charge in [-0.15, -0.1) is 12.4 Å². The average molecular weight is 313 g/mol. The predicted molar refractivity (Wildman–Crippen MR) is 84.4 cm³/mol. The summed E-state index contributed by atoms with van der Waals surface area (Å²) in [4.78, 5) is 12.4. The third-order valence-corrected chi connectivity index (χ3v) is 4.98. The van der Waals surface area contributed by atoms with E-state index < -0.39 is 0 Å². The van der Waals surface area contributed by atoms with Crippen LogP contribution in [0.15, 0.2) is 6.20 Å². The van der Waals surface area contributed by atoms with Crippen LogP contribution < -0.4 is 10.6 Å². The van der Waals surface area contributed by atoms with Crippen molar-refractivity contribution in [3.05, 3.63) is 17.5 Å². The van der Waals surface area contributed by atoms with Gasteiger partial charge in [-0.3, -0.25) is 9.48 Å². The molecule has 1 aliphatic heterocycles. The summed E-state index contributed by atoms with van der Waals surface area (Å²) < 4.78 is 1.80. The molecule has 3 rings (SSSR count). The van der Waals surface area contributed by atoms with E-state index in [1.165, 1.54) is 0 Å². The average Bonchev–Trinajstić information content (AvgIpc) is 2.98. The fourth-order valence-corrected chi connectivity index (χ4v) is 3.63. The second-order valence-corrected chi connectivity index (χ2v) is 6.44. The zero-order valence-corrected chi connectivity index (χ0v) is 13.8. The molecule has 0 radical (unpaired) electrons. The molecule has 2 heterocycles. The minimum absolute atomic E-state index is 0. The Labute approximate surface area is 132 Å². The lowest BCUT2D eigenvalue weighted by molar-refractivity contribution is -0.123. The molecule has 0 aromatic carbocycles. The SMILES string of the molecule is Cc1nn(C)cc1C(C)NC(=O)C1CC12CCNCC2.Cl. The van der Waals surface area contributed by atoms with Gasteiger partial charge in [0, 0.05) is 24.7 Å². The molecule has 1 amide bonds. The minimum atomic E-state index is 0. The van der Waals surface area contributed by atoms with Gasteiger partial charge in [-0.25, -0.2) is 0 Å². The molecule has 1 saturated carbocycles. The van der Waals surface area contributed by atoms with E-state index in [2.05, 4.69) is 15.7 Å². The Morgan fingerprint density at radius 1 is 1.52 bits per heavy atom. The summed E-state index contributed by atoms with van der Waals surface area (Å²) in [6.07, 6.45) is 5.35. The molecule has 1 saturated heterocycles. The Hall–Kier alpha value is -1.07. The van der Waals surface area contributed by atoms with Crippen LogP contribution in [0.25, 0.3) is 0 Å². The van der Waals surface area contributed by atoms with Crippen LogP contribution in [0.4, 0.5) is 0 Å². The number of nitrogens with zero attached hydrogens (tertiary/aromatic N) is 2. The van der Waals surface area contributed by atoms with Crippen LogP contribution in [0.2, 0.25) is 0 Å². The molecule has 5 nitrogen and oxygen atoms in total. The third kappa shape index (κ3) is 3.09. The molecule has 1 aliphatic carbocycles. The number of nitrogens with one attached hydrogen (secondary N) is 2. The van der Waals surface area contributed by atoms with Gasteiger partial charge in [0.15, 0.2) is 0 Å². The maximum absolute atomic E-state index is 12.4. The zero-order chi connectivity index (χ0) is 14.3. The van der Waals surface area contributed by atoms with Crippen LogP contribution in [0.3, 0.4) is 0 Å². The topological polar surface area (TPSA) is 59.0 Å². The first-order valence-electron chi connectivity index (χ1n) is 7.53. The summed E-state index contributed by atoms with van der Waals surface area (Å²) in [5.41, 5.74) is 2.41. The summed E-state index contributed by atoms with van der Waals surface area (Å²) in [6, 6.07) is 0.0376. The maximum Gasteiger partial charge on any atom is 0.224 e. The largest absolute Gasteiger partial charge is 0.349 e. The van der Waals surface area contributed by atoms with Gasteiger partial charge in [-0.2, -0.15) is 5.10 Å². The van der Waals surface area contributed by atoms with Crippen LogP contribution in [-0.2, 0) is 11.8 Å². The van der Waals surface area contributed by atoms with Crippen molar-refractivity contribution in [2.45, 2.75) is 39.2 Å². The van der Waals surface area contributed by atoms with Crippen LogP contribution in [0.1, 0.15) is 43.5 Å². The number of aromatic nitrogens is 2. The number of aryl methyl sites for hydroxylation is 2. The van der Waals surface area contributed by atoms with Gasteiger partial charge in [0.2, 0.25) is 5.91 Å². The highest BCUT2D eigenvalue weighted by molar-refractivity contribution is 5.85. The lowest BCUT2D eigenvalue weighted by Gasteiger charge is -2.23. The molecule has 1 aromatic rings. The first-order valence-corrected chi connectivity index (χ1v) is 7.53. The summed E-state index contributed by atoms with van der Waals surface area (Å²) in [7, 11) is 1.91. The van der Waals surface area contributed by atoms with Crippen LogP contribution >= 0.6 is 12.4 Å². The highest BCUT2D eigenvalue weighted by atomic mass is 35.5. The number of rotatable bonds is 3. The number of halogens is 1. The minimum Gasteiger partial charge on any atom is -0.349 e. The maximum atomic E-state index is 12.4. The van der Waals surface area contributed by atoms with Crippen molar-refractivity contribution in [3.8, 4) is 0 Å². The molecule has 2 fully saturated rings. The number of hydrogen-bond donors (Lipinski definition) is 2. The first-order chi connectivity index (χ1) is 9.52. The summed E-state index contributed by atoms with van der Waals surface area (Å²) in [5, 5.41) is 10.9. The highest BCUT2D eigenvalue weighted by Crippen LogP contribution is 2.58. The fraction of sp³-hybridized carbons (Fsp3) is 0.733. The molecule has 21 heavy (non-hydrogen) atoms. The quantitative estimate of drug-likeness (QED) is 0.893. The molecular formula is C15H25ClN4O. The molecule has 2 unspecified atom stereocenters. The van der Waals surface area contributed by atoms with E-state index in [9.17, 15) is 4.79 Å². The summed E-state index contributed by atoms with van der Waals surface area (Å²) in [6.45, 7) is 6.14. The molecule has 2 atom stereocenters. The van der Waals surface area contributed by atoms with E-state index in [0.717, 1.165) is 43.6 Å². The van der Waals surface area contributed by atoms with E-state index in [4.69, 9.17) is 0 Å². The number of carbonyl (C=O) groups excluding carboxylic acids is 1. The Kier molecular flexibility index (Phi) is 4.63. The highest BCUT2D eigenvalue weighted by Gasteiger charge is 2.57. The van der Waals surface area contributed by atoms with Gasteiger partial charge in [0.1, 0.15) is 0 Å². The van der Waals surface area contributed by atoms with Gasteiger partial charge in [-0.1, -0.05) is 0 Å².